The summed E-state index contributed by atoms with van der Waals surface area (Å²) in [6, 6.07) is 0. The maximum absolute atomic E-state index is 0. The Hall–Kier alpha value is 2.41. The number of hydrogen-bond acceptors (Lipinski definition) is 0. The van der Waals surface area contributed by atoms with Gasteiger partial charge in [-0.05, 0) is 0 Å². The Balaban J connectivity index is 0. The molecule has 0 radical (unpaired) electrons. The van der Waals surface area contributed by atoms with E-state index in [1.165, 1.54) is 0 Å². The van der Waals surface area contributed by atoms with Gasteiger partial charge >= 0.3 is 69.2 Å². The molecule has 34 valence electrons. The summed E-state index contributed by atoms with van der Waals surface area (Å²) in [4.78, 5) is 0. The van der Waals surface area contributed by atoms with E-state index in [1.54, 1.807) is 0 Å². The molecule has 0 aromatic rings. The van der Waals surface area contributed by atoms with Gasteiger partial charge < -0.3 is 12.3 Å². The van der Waals surface area contributed by atoms with Crippen LogP contribution in [-0.2, 0) is 0 Å². The molecule has 8 heavy (non-hydrogen) atoms. The first-order chi connectivity index (χ1) is 0. The van der Waals surface area contributed by atoms with Crippen molar-refractivity contribution >= 4 is 94.4 Å². The summed E-state index contributed by atoms with van der Waals surface area (Å²) in [5.74, 6) is 0. The van der Waals surface area contributed by atoms with Gasteiger partial charge in [0.2, 0.25) is 0 Å². The van der Waals surface area contributed by atoms with Crippen molar-refractivity contribution in [1.29, 1.82) is 0 Å². The quantitative estimate of drug-likeness (QED) is 0.309. The van der Waals surface area contributed by atoms with Crippen molar-refractivity contribution in [3.05, 3.63) is 12.3 Å². The Morgan fingerprint density at radius 1 is 0.375 bits per heavy atom. The van der Waals surface area contributed by atoms with Crippen LogP contribution in [0.4, 0.5) is 0 Å². The summed E-state index contributed by atoms with van der Waals surface area (Å²) >= 11 is 0. The maximum Gasteiger partial charge on any atom is 2.00 e. The van der Waals surface area contributed by atoms with Gasteiger partial charge in [-0.15, -0.1) is 0 Å². The molecule has 0 spiro atoms. The molecule has 0 saturated heterocycles. The third kappa shape index (κ3) is 79.4. The molecule has 0 unspecified atom stereocenters. The van der Waals surface area contributed by atoms with Gasteiger partial charge in [-0.2, -0.15) is 0 Å². The zero-order chi connectivity index (χ0) is 0. The van der Waals surface area contributed by atoms with Crippen molar-refractivity contribution < 1.29 is 0 Å². The fourth-order valence-electron chi connectivity index (χ4n) is 0. The molecule has 8 heteroatoms. The van der Waals surface area contributed by atoms with Crippen molar-refractivity contribution in [2.24, 2.45) is 0 Å². The van der Waals surface area contributed by atoms with Gasteiger partial charge in [-0.25, -0.2) is 0 Å². The molecule has 2 nitrogen and oxygen atoms in total. The summed E-state index contributed by atoms with van der Waals surface area (Å²) in [5, 5.41) is 0. The van der Waals surface area contributed by atoms with E-state index in [-0.39, 0.29) is 107 Å². The van der Waals surface area contributed by atoms with Crippen molar-refractivity contribution in [2.75, 3.05) is 0 Å². The second kappa shape index (κ2) is 114. The predicted molar refractivity (Wildman–Crippen MR) is 53.8 cm³/mol. The van der Waals surface area contributed by atoms with E-state index in [0.29, 0.717) is 0 Å². The van der Waals surface area contributed by atoms with Crippen LogP contribution >= 0.6 is 0 Å². The minimum atomic E-state index is 0. The molecule has 0 saturated carbocycles. The van der Waals surface area contributed by atoms with E-state index in [2.05, 4.69) is 0 Å². The summed E-state index contributed by atoms with van der Waals surface area (Å²) in [5.41, 5.74) is 0. The molecular formula is H9B3Mg3N2. The zero-order valence-electron chi connectivity index (χ0n) is 3.02. The van der Waals surface area contributed by atoms with Gasteiger partial charge in [0, 0.05) is 0 Å². The molecule has 0 aliphatic carbocycles. The molecule has 0 aliphatic rings. The molecule has 0 amide bonds. The summed E-state index contributed by atoms with van der Waals surface area (Å²) in [6.45, 7) is 0. The van der Waals surface area contributed by atoms with E-state index >= 15 is 0 Å². The number of nitrogens with zero attached hydrogens (tertiary/aromatic N) is 2. The number of rotatable bonds is 0. The first-order valence-electron chi connectivity index (χ1n) is 0. The molecule has 0 fully saturated rings. The smallest absolute Gasteiger partial charge is 2.00 e. The molecule has 0 heterocycles. The number of hydrogen-bond donors (Lipinski definition) is 0. The molecule has 0 rings (SSSR count). The van der Waals surface area contributed by atoms with E-state index in [4.69, 9.17) is 0 Å². The SMILES string of the molecule is B.B.B.[Mg+2].[Mg+2].[Mg+2].[N-3].[N-3]. The Labute approximate surface area is 105 Å². The fraction of sp³-hybridized carbons (Fsp3) is 0. The van der Waals surface area contributed by atoms with Crippen LogP contribution in [0.3, 0.4) is 0 Å². The second-order valence-electron chi connectivity index (χ2n) is 0. The Morgan fingerprint density at radius 3 is 0.375 bits per heavy atom. The van der Waals surface area contributed by atoms with Crippen LogP contribution in [0, 0.1) is 0 Å². The van der Waals surface area contributed by atoms with Gasteiger partial charge in [-0.3, -0.25) is 0 Å². The zero-order valence-corrected chi connectivity index (χ0v) is 7.26. The van der Waals surface area contributed by atoms with Gasteiger partial charge in [0.15, 0.2) is 0 Å². The van der Waals surface area contributed by atoms with E-state index in [9.17, 15) is 0 Å². The monoisotopic (exact) mass is 142 g/mol. The average molecular weight is 142 g/mol. The standard InChI is InChI=1S/3BH3.3Mg.2N/h3*1H3;;;;;/q;;;3*+2;2*-3. The molecule has 0 aromatic carbocycles. The van der Waals surface area contributed by atoms with Crippen LogP contribution in [0.1, 0.15) is 0 Å². The molecule has 0 aliphatic heterocycles. The van der Waals surface area contributed by atoms with Crippen molar-refractivity contribution in [2.45, 2.75) is 0 Å². The Bertz CT molecular complexity index is 12.5. The van der Waals surface area contributed by atoms with Crippen LogP contribution < -0.4 is 0 Å². The average Bonchev–Trinajstić information content (AvgIpc) is 0. The van der Waals surface area contributed by atoms with Crippen molar-refractivity contribution in [1.82, 2.24) is 0 Å². The van der Waals surface area contributed by atoms with Crippen LogP contribution in [0.15, 0.2) is 0 Å². The van der Waals surface area contributed by atoms with Gasteiger partial charge in [0.05, 0.1) is 25.2 Å². The van der Waals surface area contributed by atoms with Gasteiger partial charge in [0.25, 0.3) is 0 Å². The van der Waals surface area contributed by atoms with E-state index in [1.807, 2.05) is 0 Å². The van der Waals surface area contributed by atoms with E-state index in [0.717, 1.165) is 0 Å². The maximum atomic E-state index is 0. The second-order valence-corrected chi connectivity index (χ2v) is 0. The normalized spacial score (nSPS) is 0. The summed E-state index contributed by atoms with van der Waals surface area (Å²) < 4.78 is 0. The van der Waals surface area contributed by atoms with Crippen LogP contribution in [-0.4, -0.2) is 94.4 Å². The van der Waals surface area contributed by atoms with Crippen LogP contribution in [0.2, 0.25) is 0 Å². The molecule has 0 N–H and O–H groups in total. The summed E-state index contributed by atoms with van der Waals surface area (Å²) in [7, 11) is 0. The Kier molecular flexibility index (Phi) is 2270. The molecule has 0 aromatic heterocycles. The van der Waals surface area contributed by atoms with Crippen molar-refractivity contribution in [3.8, 4) is 0 Å². The molecule has 0 bridgehead atoms. The minimum Gasteiger partial charge on any atom is -3.00 e. The van der Waals surface area contributed by atoms with Crippen LogP contribution in [0.5, 0.6) is 0 Å². The summed E-state index contributed by atoms with van der Waals surface area (Å²) in [6.07, 6.45) is 0. The first kappa shape index (κ1) is 158. The van der Waals surface area contributed by atoms with Crippen LogP contribution in [0.25, 0.3) is 12.3 Å². The van der Waals surface area contributed by atoms with Gasteiger partial charge in [0.1, 0.15) is 0 Å². The van der Waals surface area contributed by atoms with E-state index < -0.39 is 0 Å². The third-order valence-electron chi connectivity index (χ3n) is 0. The third-order valence-corrected chi connectivity index (χ3v) is 0. The first-order valence-corrected chi connectivity index (χ1v) is 0. The largest absolute Gasteiger partial charge is 3.00 e. The van der Waals surface area contributed by atoms with Crippen molar-refractivity contribution in [3.63, 3.8) is 0 Å². The Morgan fingerprint density at radius 2 is 0.375 bits per heavy atom. The fourth-order valence-corrected chi connectivity index (χ4v) is 0. The molecule has 0 atom stereocenters. The predicted octanol–water partition coefficient (Wildman–Crippen LogP) is -4.12. The minimum absolute atomic E-state index is 0. The van der Waals surface area contributed by atoms with Gasteiger partial charge in [-0.1, -0.05) is 0 Å². The molecular weight excluding hydrogens is 133 g/mol. The topological polar surface area (TPSA) is 61.0 Å².